The maximum absolute atomic E-state index is 13.4. The number of sulfonamides is 1. The Morgan fingerprint density at radius 1 is 0.894 bits per heavy atom. The number of amides is 3. The normalized spacial score (nSPS) is 18.3. The summed E-state index contributed by atoms with van der Waals surface area (Å²) in [5.41, 5.74) is 1.34. The molecular formula is C34H46N4O8S. The van der Waals surface area contributed by atoms with Crippen molar-refractivity contribution in [2.75, 3.05) is 31.6 Å². The highest BCUT2D eigenvalue weighted by molar-refractivity contribution is 7.88. The Bertz CT molecular complexity index is 1500. The van der Waals surface area contributed by atoms with Gasteiger partial charge in [-0.2, -0.15) is 4.31 Å². The van der Waals surface area contributed by atoms with Crippen molar-refractivity contribution < 1.29 is 37.1 Å². The second-order valence-electron chi connectivity index (χ2n) is 13.0. The molecule has 47 heavy (non-hydrogen) atoms. The van der Waals surface area contributed by atoms with Gasteiger partial charge in [0.15, 0.2) is 0 Å². The number of carbonyl (C=O) groups is 4. The number of carbonyl (C=O) groups excluding carboxylic acids is 4. The van der Waals surface area contributed by atoms with Crippen LogP contribution in [0.25, 0.3) is 0 Å². The van der Waals surface area contributed by atoms with Crippen LogP contribution in [0.4, 0.5) is 10.5 Å². The van der Waals surface area contributed by atoms with Gasteiger partial charge in [0.1, 0.15) is 17.7 Å². The fraction of sp³-hybridized carbons (Fsp3) is 0.529. The zero-order chi connectivity index (χ0) is 34.2. The molecule has 2 heterocycles. The summed E-state index contributed by atoms with van der Waals surface area (Å²) in [6.07, 6.45) is 1.67. The summed E-state index contributed by atoms with van der Waals surface area (Å²) >= 11 is 0. The van der Waals surface area contributed by atoms with Crippen LogP contribution in [0, 0.1) is 5.92 Å². The molecule has 0 spiro atoms. The molecule has 2 aliphatic heterocycles. The minimum absolute atomic E-state index is 0.116. The number of anilines is 1. The topological polar surface area (TPSA) is 151 Å². The fourth-order valence-electron chi connectivity index (χ4n) is 5.76. The Hall–Kier alpha value is -3.97. The van der Waals surface area contributed by atoms with Crippen molar-refractivity contribution in [3.63, 3.8) is 0 Å². The summed E-state index contributed by atoms with van der Waals surface area (Å²) in [6.45, 7) is 8.34. The first-order valence-corrected chi connectivity index (χ1v) is 17.7. The molecule has 0 bridgehead atoms. The summed E-state index contributed by atoms with van der Waals surface area (Å²) in [4.78, 5) is 53.2. The molecule has 2 atom stereocenters. The Labute approximate surface area is 277 Å². The van der Waals surface area contributed by atoms with E-state index in [0.717, 1.165) is 0 Å². The molecular weight excluding hydrogens is 624 g/mol. The number of esters is 1. The maximum Gasteiger partial charge on any atom is 0.410 e. The number of nitrogens with one attached hydrogen (secondary N) is 2. The Kier molecular flexibility index (Phi) is 12.0. The molecule has 2 aliphatic rings. The molecule has 2 fully saturated rings. The molecule has 0 aliphatic carbocycles. The number of piperidine rings is 1. The lowest BCUT2D eigenvalue weighted by Gasteiger charge is -2.32. The van der Waals surface area contributed by atoms with Crippen molar-refractivity contribution >= 4 is 39.6 Å². The third kappa shape index (κ3) is 10.3. The summed E-state index contributed by atoms with van der Waals surface area (Å²) < 4.78 is 38.3. The molecule has 2 N–H and O–H groups in total. The number of nitrogens with zero attached hydrogens (tertiary/aromatic N) is 2. The van der Waals surface area contributed by atoms with Crippen molar-refractivity contribution in [1.29, 1.82) is 0 Å². The first-order chi connectivity index (χ1) is 22.3. The van der Waals surface area contributed by atoms with Crippen LogP contribution in [-0.2, 0) is 46.1 Å². The van der Waals surface area contributed by atoms with E-state index in [2.05, 4.69) is 10.6 Å². The Balaban J connectivity index is 1.34. The monoisotopic (exact) mass is 670 g/mol. The van der Waals surface area contributed by atoms with E-state index in [9.17, 15) is 27.6 Å². The van der Waals surface area contributed by atoms with Gasteiger partial charge in [-0.15, -0.1) is 0 Å². The summed E-state index contributed by atoms with van der Waals surface area (Å²) in [6, 6.07) is 13.8. The van der Waals surface area contributed by atoms with E-state index in [1.807, 2.05) is 26.8 Å². The molecule has 4 rings (SSSR count). The second-order valence-corrected chi connectivity index (χ2v) is 14.9. The van der Waals surface area contributed by atoms with E-state index < -0.39 is 39.6 Å². The van der Waals surface area contributed by atoms with E-state index in [0.29, 0.717) is 55.6 Å². The number of rotatable bonds is 11. The third-order valence-corrected chi connectivity index (χ3v) is 9.97. The van der Waals surface area contributed by atoms with Crippen LogP contribution in [0.3, 0.4) is 0 Å². The van der Waals surface area contributed by atoms with Gasteiger partial charge in [-0.25, -0.2) is 18.0 Å². The van der Waals surface area contributed by atoms with Gasteiger partial charge in [0, 0.05) is 37.7 Å². The number of likely N-dealkylation sites (tertiary alicyclic amines) is 1. The molecule has 0 radical (unpaired) electrons. The minimum atomic E-state index is -3.77. The Morgan fingerprint density at radius 2 is 1.55 bits per heavy atom. The van der Waals surface area contributed by atoms with E-state index in [1.165, 1.54) is 4.31 Å². The van der Waals surface area contributed by atoms with Crippen LogP contribution >= 0.6 is 0 Å². The zero-order valence-electron chi connectivity index (χ0n) is 27.6. The molecule has 12 nitrogen and oxygen atoms in total. The molecule has 2 aromatic carbocycles. The quantitative estimate of drug-likeness (QED) is 0.342. The first kappa shape index (κ1) is 35.9. The van der Waals surface area contributed by atoms with Gasteiger partial charge < -0.3 is 25.0 Å². The highest BCUT2D eigenvalue weighted by Gasteiger charge is 2.40. The van der Waals surface area contributed by atoms with Crippen LogP contribution in [-0.4, -0.2) is 85.4 Å². The lowest BCUT2D eigenvalue weighted by atomic mass is 9.96. The van der Waals surface area contributed by atoms with E-state index in [-0.39, 0.29) is 43.2 Å². The van der Waals surface area contributed by atoms with Gasteiger partial charge in [-0.1, -0.05) is 42.5 Å². The predicted octanol–water partition coefficient (Wildman–Crippen LogP) is 3.86. The summed E-state index contributed by atoms with van der Waals surface area (Å²) in [5, 5.41) is 5.67. The minimum Gasteiger partial charge on any atom is -0.464 e. The standard InChI is InChI=1S/C34H46N4O8S/c1-5-45-32(41)28(36-31(40)29-12-9-19-38(29)47(43,44)23-25-10-7-6-8-11-25)22-24-13-15-27(16-14-24)35-30(39)26-17-20-37(21-18-26)33(42)46-34(2,3)4/h6-8,10-11,13-16,26,28-29H,5,9,12,17-23H2,1-4H3,(H,35,39)(H,36,40)/t28-,29-/m0/s1. The summed E-state index contributed by atoms with van der Waals surface area (Å²) in [7, 11) is -3.77. The molecule has 3 amide bonds. The summed E-state index contributed by atoms with van der Waals surface area (Å²) in [5.74, 6) is -1.76. The average molecular weight is 671 g/mol. The van der Waals surface area contributed by atoms with Crippen LogP contribution in [0.2, 0.25) is 0 Å². The number of hydrogen-bond donors (Lipinski definition) is 2. The molecule has 0 aromatic heterocycles. The van der Waals surface area contributed by atoms with E-state index in [1.54, 1.807) is 60.4 Å². The predicted molar refractivity (Wildman–Crippen MR) is 177 cm³/mol. The number of ether oxygens (including phenoxy) is 2. The second kappa shape index (κ2) is 15.7. The van der Waals surface area contributed by atoms with Gasteiger partial charge in [-0.3, -0.25) is 9.59 Å². The molecule has 256 valence electrons. The van der Waals surface area contributed by atoms with Crippen molar-refractivity contribution in [2.24, 2.45) is 5.92 Å². The van der Waals surface area contributed by atoms with Crippen molar-refractivity contribution in [3.8, 4) is 0 Å². The van der Waals surface area contributed by atoms with Gasteiger partial charge in [0.05, 0.1) is 12.4 Å². The average Bonchev–Trinajstić information content (AvgIpc) is 3.53. The number of benzene rings is 2. The first-order valence-electron chi connectivity index (χ1n) is 16.1. The zero-order valence-corrected chi connectivity index (χ0v) is 28.4. The van der Waals surface area contributed by atoms with Crippen LogP contribution in [0.5, 0.6) is 0 Å². The molecule has 0 unspecified atom stereocenters. The third-order valence-electron chi connectivity index (χ3n) is 8.12. The molecule has 13 heteroatoms. The fourth-order valence-corrected chi connectivity index (χ4v) is 7.54. The smallest absolute Gasteiger partial charge is 0.410 e. The highest BCUT2D eigenvalue weighted by atomic mass is 32.2. The van der Waals surface area contributed by atoms with Gasteiger partial charge >= 0.3 is 12.1 Å². The highest BCUT2D eigenvalue weighted by Crippen LogP contribution is 2.25. The van der Waals surface area contributed by atoms with E-state index in [4.69, 9.17) is 9.47 Å². The van der Waals surface area contributed by atoms with Crippen molar-refractivity contribution in [2.45, 2.75) is 83.2 Å². The van der Waals surface area contributed by atoms with Gasteiger partial charge in [0.25, 0.3) is 0 Å². The van der Waals surface area contributed by atoms with Gasteiger partial charge in [-0.05, 0) is 76.6 Å². The van der Waals surface area contributed by atoms with Crippen LogP contribution in [0.1, 0.15) is 64.5 Å². The SMILES string of the molecule is CCOC(=O)[C@H](Cc1ccc(NC(=O)C2CCN(C(=O)OC(C)(C)C)CC2)cc1)NC(=O)[C@@H]1CCCN1S(=O)(=O)Cc1ccccc1. The number of hydrogen-bond acceptors (Lipinski definition) is 8. The van der Waals surface area contributed by atoms with Crippen LogP contribution in [0.15, 0.2) is 54.6 Å². The van der Waals surface area contributed by atoms with E-state index >= 15 is 0 Å². The molecule has 2 aromatic rings. The Morgan fingerprint density at radius 3 is 2.17 bits per heavy atom. The molecule has 2 saturated heterocycles. The molecule has 0 saturated carbocycles. The van der Waals surface area contributed by atoms with Gasteiger partial charge in [0.2, 0.25) is 21.8 Å². The van der Waals surface area contributed by atoms with Crippen molar-refractivity contribution in [3.05, 3.63) is 65.7 Å². The lowest BCUT2D eigenvalue weighted by molar-refractivity contribution is -0.147. The van der Waals surface area contributed by atoms with Crippen LogP contribution < -0.4 is 10.6 Å². The largest absolute Gasteiger partial charge is 0.464 e. The maximum atomic E-state index is 13.4. The van der Waals surface area contributed by atoms with Crippen molar-refractivity contribution in [1.82, 2.24) is 14.5 Å². The lowest BCUT2D eigenvalue weighted by Crippen LogP contribution is -2.52.